The Morgan fingerprint density at radius 1 is 1.27 bits per heavy atom. The summed E-state index contributed by atoms with van der Waals surface area (Å²) in [5.41, 5.74) is 2.02. The van der Waals surface area contributed by atoms with Crippen LogP contribution < -0.4 is 0 Å². The van der Waals surface area contributed by atoms with Crippen LogP contribution in [-0.2, 0) is 0 Å². The summed E-state index contributed by atoms with van der Waals surface area (Å²) < 4.78 is 0. The van der Waals surface area contributed by atoms with Crippen LogP contribution in [0.1, 0.15) is 23.7 Å². The van der Waals surface area contributed by atoms with Crippen LogP contribution >= 0.6 is 0 Å². The Kier molecular flexibility index (Phi) is 2.82. The molecule has 1 heteroatoms. The van der Waals surface area contributed by atoms with Gasteiger partial charge in [-0.15, -0.1) is 0 Å². The largest absolute Gasteiger partial charge is 0.294 e. The maximum Gasteiger partial charge on any atom is 0.169 e. The summed E-state index contributed by atoms with van der Waals surface area (Å²) in [6, 6.07) is 9.49. The molecule has 0 fully saturated rings. The molecule has 15 heavy (non-hydrogen) atoms. The van der Waals surface area contributed by atoms with Gasteiger partial charge >= 0.3 is 0 Å². The maximum atomic E-state index is 12.1. The topological polar surface area (TPSA) is 17.1 Å². The minimum atomic E-state index is 0.00222. The zero-order chi connectivity index (χ0) is 10.7. The van der Waals surface area contributed by atoms with Crippen molar-refractivity contribution in [3.8, 4) is 0 Å². The molecule has 0 amide bonds. The van der Waals surface area contributed by atoms with Crippen molar-refractivity contribution in [1.29, 1.82) is 0 Å². The number of hydrogen-bond acceptors (Lipinski definition) is 1. The number of allylic oxidation sites excluding steroid dienone is 4. The molecule has 1 nitrogen and oxygen atoms in total. The van der Waals surface area contributed by atoms with Crippen molar-refractivity contribution in [2.24, 2.45) is 5.92 Å². The van der Waals surface area contributed by atoms with Crippen LogP contribution in [0, 0.1) is 5.92 Å². The third-order valence-electron chi connectivity index (χ3n) is 2.81. The molecule has 0 radical (unpaired) electrons. The summed E-state index contributed by atoms with van der Waals surface area (Å²) in [4.78, 5) is 12.1. The maximum absolute atomic E-state index is 12.1. The summed E-state index contributed by atoms with van der Waals surface area (Å²) in [6.07, 6.45) is 7.07. The summed E-state index contributed by atoms with van der Waals surface area (Å²) >= 11 is 0. The van der Waals surface area contributed by atoms with Gasteiger partial charge in [0.1, 0.15) is 0 Å². The van der Waals surface area contributed by atoms with Crippen molar-refractivity contribution in [2.75, 3.05) is 0 Å². The Bertz CT molecular complexity index is 412. The summed E-state index contributed by atoms with van der Waals surface area (Å²) in [7, 11) is 0. The first-order chi connectivity index (χ1) is 7.29. The number of Topliss-reactive ketones (excluding diaryl/α,β-unsaturated/α-hetero) is 1. The first kappa shape index (κ1) is 9.91. The lowest BCUT2D eigenvalue weighted by molar-refractivity contribution is 0.0947. The third-order valence-corrected chi connectivity index (χ3v) is 2.81. The Morgan fingerprint density at radius 3 is 2.60 bits per heavy atom. The highest BCUT2D eigenvalue weighted by Gasteiger charge is 2.18. The van der Waals surface area contributed by atoms with E-state index in [0.29, 0.717) is 0 Å². The van der Waals surface area contributed by atoms with E-state index in [1.807, 2.05) is 49.4 Å². The average Bonchev–Trinajstić information content (AvgIpc) is 2.82. The molecule has 0 bridgehead atoms. The average molecular weight is 198 g/mol. The number of hydrogen-bond donors (Lipinski definition) is 0. The van der Waals surface area contributed by atoms with Crippen LogP contribution in [0.15, 0.2) is 54.1 Å². The molecule has 0 spiro atoms. The van der Waals surface area contributed by atoms with Gasteiger partial charge in [0.2, 0.25) is 0 Å². The molecule has 1 atom stereocenters. The molecule has 2 rings (SSSR count). The second-order valence-corrected chi connectivity index (χ2v) is 3.83. The van der Waals surface area contributed by atoms with Crippen LogP contribution in [0.2, 0.25) is 0 Å². The highest BCUT2D eigenvalue weighted by atomic mass is 16.1. The summed E-state index contributed by atoms with van der Waals surface area (Å²) in [6.45, 7) is 1.98. The molecule has 0 saturated heterocycles. The fourth-order valence-corrected chi connectivity index (χ4v) is 1.81. The van der Waals surface area contributed by atoms with Crippen molar-refractivity contribution in [3.05, 3.63) is 59.7 Å². The number of carbonyl (C=O) groups is 1. The van der Waals surface area contributed by atoms with E-state index in [4.69, 9.17) is 0 Å². The van der Waals surface area contributed by atoms with Gasteiger partial charge in [-0.3, -0.25) is 4.79 Å². The lowest BCUT2D eigenvalue weighted by atomic mass is 9.91. The smallest absolute Gasteiger partial charge is 0.169 e. The molecule has 1 aliphatic rings. The third kappa shape index (κ3) is 2.07. The first-order valence-electron chi connectivity index (χ1n) is 5.24. The number of benzene rings is 1. The molecular weight excluding hydrogens is 184 g/mol. The molecular formula is C14H14O. The number of carbonyl (C=O) groups excluding carboxylic acids is 1. The summed E-state index contributed by atoms with van der Waals surface area (Å²) in [5, 5.41) is 0. The molecule has 0 heterocycles. The van der Waals surface area contributed by atoms with Crippen LogP contribution in [0.5, 0.6) is 0 Å². The van der Waals surface area contributed by atoms with Crippen LogP contribution in [0.3, 0.4) is 0 Å². The van der Waals surface area contributed by atoms with E-state index in [1.165, 1.54) is 5.57 Å². The van der Waals surface area contributed by atoms with Crippen LogP contribution in [-0.4, -0.2) is 5.78 Å². The highest BCUT2D eigenvalue weighted by Crippen LogP contribution is 2.23. The highest BCUT2D eigenvalue weighted by molar-refractivity contribution is 5.99. The van der Waals surface area contributed by atoms with Gasteiger partial charge in [0, 0.05) is 11.5 Å². The van der Waals surface area contributed by atoms with Gasteiger partial charge < -0.3 is 0 Å². The van der Waals surface area contributed by atoms with Crippen molar-refractivity contribution in [1.82, 2.24) is 0 Å². The Hall–Kier alpha value is -1.63. The molecule has 0 N–H and O–H groups in total. The predicted molar refractivity (Wildman–Crippen MR) is 61.8 cm³/mol. The zero-order valence-corrected chi connectivity index (χ0v) is 8.81. The van der Waals surface area contributed by atoms with Crippen molar-refractivity contribution < 1.29 is 4.79 Å². The molecule has 76 valence electrons. The van der Waals surface area contributed by atoms with E-state index in [1.54, 1.807) is 0 Å². The van der Waals surface area contributed by atoms with E-state index in [-0.39, 0.29) is 11.7 Å². The van der Waals surface area contributed by atoms with Gasteiger partial charge in [0.05, 0.1) is 0 Å². The zero-order valence-electron chi connectivity index (χ0n) is 8.81. The van der Waals surface area contributed by atoms with Gasteiger partial charge in [-0.25, -0.2) is 0 Å². The van der Waals surface area contributed by atoms with Gasteiger partial charge in [-0.1, -0.05) is 61.1 Å². The van der Waals surface area contributed by atoms with E-state index >= 15 is 0 Å². The second-order valence-electron chi connectivity index (χ2n) is 3.83. The van der Waals surface area contributed by atoms with Crippen molar-refractivity contribution in [3.63, 3.8) is 0 Å². The molecule has 0 aliphatic heterocycles. The van der Waals surface area contributed by atoms with E-state index < -0.39 is 0 Å². The molecule has 1 aromatic rings. The van der Waals surface area contributed by atoms with Crippen LogP contribution in [0.25, 0.3) is 0 Å². The Balaban J connectivity index is 2.15. The number of ketones is 1. The molecule has 1 aliphatic carbocycles. The van der Waals surface area contributed by atoms with Gasteiger partial charge in [-0.05, 0) is 6.42 Å². The molecule has 0 aromatic heterocycles. The minimum Gasteiger partial charge on any atom is -0.294 e. The standard InChI is InChI=1S/C14H14O/c1-11(12-7-5-6-8-12)14(15)13-9-3-2-4-10-13/h2-7,9-11H,8H2,1H3. The number of rotatable bonds is 3. The van der Waals surface area contributed by atoms with E-state index in [9.17, 15) is 4.79 Å². The SMILES string of the molecule is CC(C(=O)c1ccccc1)C1=CC=CC1. The second kappa shape index (κ2) is 4.26. The minimum absolute atomic E-state index is 0.00222. The lowest BCUT2D eigenvalue weighted by Gasteiger charge is -2.11. The van der Waals surface area contributed by atoms with Gasteiger partial charge in [0.25, 0.3) is 0 Å². The molecule has 0 saturated carbocycles. The normalized spacial score (nSPS) is 16.2. The lowest BCUT2D eigenvalue weighted by Crippen LogP contribution is -2.12. The predicted octanol–water partition coefficient (Wildman–Crippen LogP) is 3.39. The molecule has 1 aromatic carbocycles. The van der Waals surface area contributed by atoms with Crippen molar-refractivity contribution in [2.45, 2.75) is 13.3 Å². The fraction of sp³-hybridized carbons (Fsp3) is 0.214. The van der Waals surface area contributed by atoms with E-state index in [2.05, 4.69) is 6.08 Å². The van der Waals surface area contributed by atoms with Crippen molar-refractivity contribution >= 4 is 5.78 Å². The van der Waals surface area contributed by atoms with Gasteiger partial charge in [-0.2, -0.15) is 0 Å². The summed E-state index contributed by atoms with van der Waals surface area (Å²) in [5.74, 6) is 0.216. The quantitative estimate of drug-likeness (QED) is 0.680. The monoisotopic (exact) mass is 198 g/mol. The first-order valence-corrected chi connectivity index (χ1v) is 5.24. The molecule has 1 unspecified atom stereocenters. The Labute approximate surface area is 90.1 Å². The van der Waals surface area contributed by atoms with Crippen LogP contribution in [0.4, 0.5) is 0 Å². The van der Waals surface area contributed by atoms with E-state index in [0.717, 1.165) is 12.0 Å². The Morgan fingerprint density at radius 2 is 2.00 bits per heavy atom. The van der Waals surface area contributed by atoms with Gasteiger partial charge in [0.15, 0.2) is 5.78 Å². The fourth-order valence-electron chi connectivity index (χ4n) is 1.81.